The normalized spacial score (nSPS) is 12.5. The molecule has 21 heavy (non-hydrogen) atoms. The van der Waals surface area contributed by atoms with Gasteiger partial charge in [-0.15, -0.1) is 10.2 Å². The number of halogens is 3. The number of hydrogen-bond acceptors (Lipinski definition) is 5. The molecule has 0 bridgehead atoms. The van der Waals surface area contributed by atoms with Gasteiger partial charge in [-0.2, -0.15) is 18.4 Å². The zero-order chi connectivity index (χ0) is 14.6. The molecule has 0 atom stereocenters. The minimum absolute atomic E-state index is 0.244. The van der Waals surface area contributed by atoms with Crippen molar-refractivity contribution < 1.29 is 8.78 Å². The molecule has 0 aliphatic carbocycles. The fraction of sp³-hybridized carbons (Fsp3) is 0.0909. The van der Waals surface area contributed by atoms with Crippen LogP contribution in [0.25, 0.3) is 21.2 Å². The van der Waals surface area contributed by atoms with Gasteiger partial charge in [-0.25, -0.2) is 4.98 Å². The Kier molecular flexibility index (Phi) is 2.51. The summed E-state index contributed by atoms with van der Waals surface area (Å²) in [5, 5.41) is 8.07. The van der Waals surface area contributed by atoms with Gasteiger partial charge in [0, 0.05) is 18.6 Å². The molecule has 0 saturated carbocycles. The van der Waals surface area contributed by atoms with E-state index in [0.717, 1.165) is 21.4 Å². The zero-order valence-corrected chi connectivity index (χ0v) is 11.7. The summed E-state index contributed by atoms with van der Waals surface area (Å²) in [7, 11) is 0. The van der Waals surface area contributed by atoms with E-state index >= 15 is 0 Å². The summed E-state index contributed by atoms with van der Waals surface area (Å²) < 4.78 is 29.2. The van der Waals surface area contributed by atoms with Gasteiger partial charge >= 0.3 is 5.38 Å². The van der Waals surface area contributed by atoms with Crippen molar-refractivity contribution >= 4 is 33.5 Å². The molecule has 0 spiro atoms. The fourth-order valence-corrected chi connectivity index (χ4v) is 3.00. The zero-order valence-electron chi connectivity index (χ0n) is 10.1. The molecule has 4 heterocycles. The highest BCUT2D eigenvalue weighted by atomic mass is 35.5. The molecule has 106 valence electrons. The van der Waals surface area contributed by atoms with E-state index in [4.69, 9.17) is 11.6 Å². The van der Waals surface area contributed by atoms with Gasteiger partial charge in [-0.3, -0.25) is 0 Å². The van der Waals surface area contributed by atoms with Crippen LogP contribution in [0.2, 0.25) is 0 Å². The summed E-state index contributed by atoms with van der Waals surface area (Å²) in [5.41, 5.74) is 1.41. The lowest BCUT2D eigenvalue weighted by Gasteiger charge is -2.02. The third-order valence-electron chi connectivity index (χ3n) is 2.89. The van der Waals surface area contributed by atoms with Crippen molar-refractivity contribution in [3.8, 4) is 10.6 Å². The molecule has 0 amide bonds. The third-order valence-corrected chi connectivity index (χ3v) is 4.00. The maximum atomic E-state index is 13.2. The highest BCUT2D eigenvalue weighted by Crippen LogP contribution is 2.34. The minimum Gasteiger partial charge on any atom is -0.307 e. The SMILES string of the molecule is FC(F)(Cl)c1nnc2sc(-c3cccn4ccnc34)nn12. The van der Waals surface area contributed by atoms with E-state index in [1.54, 1.807) is 12.4 Å². The molecule has 0 saturated heterocycles. The second-order valence-electron chi connectivity index (χ2n) is 4.20. The molecule has 6 nitrogen and oxygen atoms in total. The lowest BCUT2D eigenvalue weighted by Crippen LogP contribution is -2.10. The highest BCUT2D eigenvalue weighted by Gasteiger charge is 2.35. The summed E-state index contributed by atoms with van der Waals surface area (Å²) in [6.07, 6.45) is 5.28. The number of alkyl halides is 3. The minimum atomic E-state index is -3.62. The van der Waals surface area contributed by atoms with Crippen molar-refractivity contribution in [2.75, 3.05) is 0 Å². The van der Waals surface area contributed by atoms with Gasteiger partial charge in [0.25, 0.3) is 0 Å². The Morgan fingerprint density at radius 3 is 2.90 bits per heavy atom. The second-order valence-corrected chi connectivity index (χ2v) is 5.63. The van der Waals surface area contributed by atoms with Gasteiger partial charge in [0.2, 0.25) is 10.8 Å². The van der Waals surface area contributed by atoms with Crippen LogP contribution >= 0.6 is 22.9 Å². The van der Waals surface area contributed by atoms with Gasteiger partial charge in [0.05, 0.1) is 5.56 Å². The van der Waals surface area contributed by atoms with Gasteiger partial charge in [0.15, 0.2) is 5.01 Å². The second kappa shape index (κ2) is 4.18. The van der Waals surface area contributed by atoms with Gasteiger partial charge in [-0.1, -0.05) is 11.3 Å². The van der Waals surface area contributed by atoms with Crippen LogP contribution in [0.5, 0.6) is 0 Å². The summed E-state index contributed by atoms with van der Waals surface area (Å²) in [6.45, 7) is 0. The van der Waals surface area contributed by atoms with Crippen LogP contribution in [-0.2, 0) is 5.38 Å². The van der Waals surface area contributed by atoms with Crippen molar-refractivity contribution in [3.05, 3.63) is 36.5 Å². The Labute approximate surface area is 124 Å². The summed E-state index contributed by atoms with van der Waals surface area (Å²) in [4.78, 5) is 4.48. The first kappa shape index (κ1) is 12.6. The van der Waals surface area contributed by atoms with Crippen molar-refractivity contribution in [1.29, 1.82) is 0 Å². The van der Waals surface area contributed by atoms with Gasteiger partial charge in [0.1, 0.15) is 5.65 Å². The van der Waals surface area contributed by atoms with E-state index in [-0.39, 0.29) is 4.96 Å². The van der Waals surface area contributed by atoms with Gasteiger partial charge in [-0.05, 0) is 23.7 Å². The Balaban J connectivity index is 1.96. The summed E-state index contributed by atoms with van der Waals surface area (Å²) in [5.74, 6) is -0.697. The lowest BCUT2D eigenvalue weighted by molar-refractivity contribution is 0.0821. The molecule has 0 fully saturated rings. The van der Waals surface area contributed by atoms with Crippen LogP contribution < -0.4 is 0 Å². The summed E-state index contributed by atoms with van der Waals surface area (Å²) >= 11 is 6.14. The smallest absolute Gasteiger partial charge is 0.307 e. The first-order valence-electron chi connectivity index (χ1n) is 5.75. The molecule has 0 aliphatic rings. The molecule has 4 aromatic rings. The number of fused-ring (bicyclic) bond motifs is 2. The molecule has 0 radical (unpaired) electrons. The maximum absolute atomic E-state index is 13.2. The van der Waals surface area contributed by atoms with Crippen LogP contribution in [0.15, 0.2) is 30.7 Å². The van der Waals surface area contributed by atoms with E-state index in [2.05, 4.69) is 20.3 Å². The van der Waals surface area contributed by atoms with Crippen molar-refractivity contribution in [1.82, 2.24) is 29.2 Å². The van der Waals surface area contributed by atoms with Gasteiger partial charge < -0.3 is 4.40 Å². The number of imidazole rings is 1. The molecule has 4 rings (SSSR count). The van der Waals surface area contributed by atoms with Crippen molar-refractivity contribution in [3.63, 3.8) is 0 Å². The Morgan fingerprint density at radius 2 is 2.10 bits per heavy atom. The van der Waals surface area contributed by atoms with E-state index < -0.39 is 11.2 Å². The fourth-order valence-electron chi connectivity index (χ4n) is 2.02. The Bertz CT molecular complexity index is 952. The number of aromatic nitrogens is 6. The number of pyridine rings is 1. The molecule has 0 aromatic carbocycles. The standard InChI is InChI=1S/C11H5ClF2N6S/c12-11(13,14)9-16-17-10-20(9)18-8(21-10)6-2-1-4-19-5-3-15-7(6)19/h1-5H. The first-order valence-corrected chi connectivity index (χ1v) is 6.95. The van der Waals surface area contributed by atoms with Crippen LogP contribution in [0.4, 0.5) is 8.78 Å². The van der Waals surface area contributed by atoms with E-state index in [1.165, 1.54) is 0 Å². The number of rotatable bonds is 2. The van der Waals surface area contributed by atoms with Crippen molar-refractivity contribution in [2.45, 2.75) is 5.38 Å². The van der Waals surface area contributed by atoms with E-state index in [9.17, 15) is 8.78 Å². The molecule has 0 N–H and O–H groups in total. The lowest BCUT2D eigenvalue weighted by atomic mass is 10.3. The maximum Gasteiger partial charge on any atom is 0.383 e. The average Bonchev–Trinajstić information content (AvgIpc) is 3.10. The van der Waals surface area contributed by atoms with Crippen LogP contribution in [-0.4, -0.2) is 29.2 Å². The number of nitrogens with zero attached hydrogens (tertiary/aromatic N) is 6. The Hall–Kier alpha value is -2.13. The molecule has 10 heteroatoms. The largest absolute Gasteiger partial charge is 0.383 e. The van der Waals surface area contributed by atoms with Crippen LogP contribution in [0.3, 0.4) is 0 Å². The van der Waals surface area contributed by atoms with Crippen LogP contribution in [0, 0.1) is 0 Å². The predicted molar refractivity (Wildman–Crippen MR) is 72.6 cm³/mol. The molecular formula is C11H5ClF2N6S. The van der Waals surface area contributed by atoms with E-state index in [1.807, 2.05) is 22.7 Å². The van der Waals surface area contributed by atoms with Crippen LogP contribution in [0.1, 0.15) is 5.82 Å². The topological polar surface area (TPSA) is 60.4 Å². The van der Waals surface area contributed by atoms with E-state index in [0.29, 0.717) is 10.7 Å². The van der Waals surface area contributed by atoms with Crippen molar-refractivity contribution in [2.24, 2.45) is 0 Å². The predicted octanol–water partition coefficient (Wildman–Crippen LogP) is 2.79. The molecule has 0 unspecified atom stereocenters. The first-order chi connectivity index (χ1) is 10.0. The summed E-state index contributed by atoms with van der Waals surface area (Å²) in [6, 6.07) is 3.63. The number of hydrogen-bond donors (Lipinski definition) is 0. The highest BCUT2D eigenvalue weighted by molar-refractivity contribution is 7.19. The third kappa shape index (κ3) is 1.88. The quantitative estimate of drug-likeness (QED) is 0.531. The molecule has 0 aliphatic heterocycles. The average molecular weight is 327 g/mol. The monoisotopic (exact) mass is 326 g/mol. The molecule has 4 aromatic heterocycles. The Morgan fingerprint density at radius 1 is 1.24 bits per heavy atom. The molecular weight excluding hydrogens is 322 g/mol.